The van der Waals surface area contributed by atoms with Crippen LogP contribution >= 0.6 is 11.8 Å². The number of ether oxygens (including phenoxy) is 3. The Balaban J connectivity index is 2.41. The van der Waals surface area contributed by atoms with Gasteiger partial charge in [0.25, 0.3) is 11.1 Å². The van der Waals surface area contributed by atoms with Gasteiger partial charge < -0.3 is 14.2 Å². The van der Waals surface area contributed by atoms with Crippen LogP contribution in [-0.4, -0.2) is 48.9 Å². The largest absolute Gasteiger partial charge is 0.490 e. The second kappa shape index (κ2) is 9.98. The van der Waals surface area contributed by atoms with Crippen molar-refractivity contribution < 1.29 is 28.6 Å². The van der Waals surface area contributed by atoms with Crippen LogP contribution in [0.4, 0.5) is 4.79 Å². The van der Waals surface area contributed by atoms with Crippen LogP contribution in [0.25, 0.3) is 6.08 Å². The maximum Gasteiger partial charge on any atom is 0.325 e. The summed E-state index contributed by atoms with van der Waals surface area (Å²) in [7, 11) is 1.20. The van der Waals surface area contributed by atoms with Gasteiger partial charge in [0, 0.05) is 5.56 Å². The van der Waals surface area contributed by atoms with Crippen molar-refractivity contribution in [2.75, 3.05) is 26.9 Å². The third kappa shape index (κ3) is 4.95. The standard InChI is InChI=1S/C20H23NO6S/c1-5-8-14-9-13(10-15(26-6-2)18(14)27-7-3)11-16-19(23)21(20(24)28-16)12-17(22)25-4/h5,9-11H,1,6-8,12H2,2-4H3/b16-11-. The van der Waals surface area contributed by atoms with Crippen molar-refractivity contribution in [2.24, 2.45) is 0 Å². The molecule has 0 aliphatic carbocycles. The number of hydrogen-bond donors (Lipinski definition) is 0. The molecule has 150 valence electrons. The summed E-state index contributed by atoms with van der Waals surface area (Å²) in [6.07, 6.45) is 3.91. The second-order valence-electron chi connectivity index (χ2n) is 5.71. The molecular weight excluding hydrogens is 382 g/mol. The number of hydrogen-bond acceptors (Lipinski definition) is 7. The minimum atomic E-state index is -0.656. The fraction of sp³-hybridized carbons (Fsp3) is 0.350. The molecule has 1 heterocycles. The van der Waals surface area contributed by atoms with Gasteiger partial charge >= 0.3 is 5.97 Å². The Morgan fingerprint density at radius 2 is 1.93 bits per heavy atom. The highest BCUT2D eigenvalue weighted by Gasteiger charge is 2.36. The number of carbonyl (C=O) groups excluding carboxylic acids is 3. The molecule has 1 aromatic carbocycles. The first-order chi connectivity index (χ1) is 13.4. The zero-order valence-electron chi connectivity index (χ0n) is 16.1. The van der Waals surface area contributed by atoms with E-state index in [0.717, 1.165) is 22.2 Å². The summed E-state index contributed by atoms with van der Waals surface area (Å²) in [5.74, 6) is 0.0120. The van der Waals surface area contributed by atoms with Crippen LogP contribution in [0.15, 0.2) is 29.7 Å². The van der Waals surface area contributed by atoms with E-state index in [9.17, 15) is 14.4 Å². The van der Waals surface area contributed by atoms with Crippen LogP contribution in [0.1, 0.15) is 25.0 Å². The monoisotopic (exact) mass is 405 g/mol. The number of imide groups is 1. The number of methoxy groups -OCH3 is 1. The van der Waals surface area contributed by atoms with Crippen LogP contribution < -0.4 is 9.47 Å². The highest BCUT2D eigenvalue weighted by atomic mass is 32.2. The number of nitrogens with zero attached hydrogens (tertiary/aromatic N) is 1. The van der Waals surface area contributed by atoms with Gasteiger partial charge in [-0.25, -0.2) is 0 Å². The molecule has 0 spiro atoms. The second-order valence-corrected chi connectivity index (χ2v) is 6.70. The van der Waals surface area contributed by atoms with E-state index in [1.807, 2.05) is 19.9 Å². The van der Waals surface area contributed by atoms with E-state index in [2.05, 4.69) is 11.3 Å². The Kier molecular flexibility index (Phi) is 7.69. The smallest absolute Gasteiger partial charge is 0.325 e. The van der Waals surface area contributed by atoms with Crippen molar-refractivity contribution >= 4 is 35.0 Å². The molecule has 1 aliphatic heterocycles. The van der Waals surface area contributed by atoms with E-state index in [1.165, 1.54) is 7.11 Å². The fourth-order valence-electron chi connectivity index (χ4n) is 2.63. The topological polar surface area (TPSA) is 82.1 Å². The highest BCUT2D eigenvalue weighted by molar-refractivity contribution is 8.18. The lowest BCUT2D eigenvalue weighted by atomic mass is 10.0. The molecule has 28 heavy (non-hydrogen) atoms. The van der Waals surface area contributed by atoms with Crippen molar-refractivity contribution in [3.8, 4) is 11.5 Å². The van der Waals surface area contributed by atoms with E-state index in [1.54, 1.807) is 18.2 Å². The van der Waals surface area contributed by atoms with Gasteiger partial charge in [-0.2, -0.15) is 0 Å². The maximum absolute atomic E-state index is 12.5. The number of carbonyl (C=O) groups is 3. The molecule has 2 amide bonds. The van der Waals surface area contributed by atoms with Gasteiger partial charge in [0.1, 0.15) is 6.54 Å². The lowest BCUT2D eigenvalue weighted by Crippen LogP contribution is -2.34. The van der Waals surface area contributed by atoms with Gasteiger partial charge in [-0.1, -0.05) is 6.08 Å². The minimum Gasteiger partial charge on any atom is -0.490 e. The van der Waals surface area contributed by atoms with Crippen LogP contribution in [0.2, 0.25) is 0 Å². The highest BCUT2D eigenvalue weighted by Crippen LogP contribution is 2.37. The van der Waals surface area contributed by atoms with E-state index >= 15 is 0 Å². The normalized spacial score (nSPS) is 15.1. The Morgan fingerprint density at radius 3 is 2.54 bits per heavy atom. The van der Waals surface area contributed by atoms with Gasteiger partial charge in [0.15, 0.2) is 11.5 Å². The van der Waals surface area contributed by atoms with Gasteiger partial charge in [0.2, 0.25) is 0 Å². The lowest BCUT2D eigenvalue weighted by Gasteiger charge is -2.16. The van der Waals surface area contributed by atoms with Crippen molar-refractivity contribution in [1.29, 1.82) is 0 Å². The summed E-state index contributed by atoms with van der Waals surface area (Å²) in [6, 6.07) is 3.62. The summed E-state index contributed by atoms with van der Waals surface area (Å²) in [4.78, 5) is 37.1. The van der Waals surface area contributed by atoms with Gasteiger partial charge in [0.05, 0.1) is 25.2 Å². The first-order valence-electron chi connectivity index (χ1n) is 8.80. The minimum absolute atomic E-state index is 0.227. The van der Waals surface area contributed by atoms with Crippen LogP contribution in [0, 0.1) is 0 Å². The molecule has 0 atom stereocenters. The molecule has 0 saturated carbocycles. The summed E-state index contributed by atoms with van der Waals surface area (Å²) in [6.45, 7) is 8.05. The van der Waals surface area contributed by atoms with Gasteiger partial charge in [-0.05, 0) is 55.8 Å². The van der Waals surface area contributed by atoms with Crippen LogP contribution in [0.5, 0.6) is 11.5 Å². The third-order valence-electron chi connectivity index (χ3n) is 3.79. The zero-order valence-corrected chi connectivity index (χ0v) is 17.0. The Morgan fingerprint density at radius 1 is 1.21 bits per heavy atom. The molecule has 8 heteroatoms. The number of esters is 1. The molecule has 1 fully saturated rings. The first-order valence-corrected chi connectivity index (χ1v) is 9.62. The average molecular weight is 405 g/mol. The number of rotatable bonds is 9. The van der Waals surface area contributed by atoms with Crippen molar-refractivity contribution in [3.63, 3.8) is 0 Å². The fourth-order valence-corrected chi connectivity index (χ4v) is 3.46. The SMILES string of the molecule is C=CCc1cc(/C=C2\SC(=O)N(CC(=O)OC)C2=O)cc(OCC)c1OCC. The summed E-state index contributed by atoms with van der Waals surface area (Å²) < 4.78 is 16.0. The van der Waals surface area contributed by atoms with Crippen molar-refractivity contribution in [1.82, 2.24) is 4.90 Å². The van der Waals surface area contributed by atoms with Gasteiger partial charge in [-0.15, -0.1) is 6.58 Å². The lowest BCUT2D eigenvalue weighted by molar-refractivity contribution is -0.143. The molecular formula is C20H23NO6S. The van der Waals surface area contributed by atoms with Crippen molar-refractivity contribution in [3.05, 3.63) is 40.8 Å². The molecule has 1 saturated heterocycles. The number of allylic oxidation sites excluding steroid dienone is 1. The molecule has 0 radical (unpaired) electrons. The van der Waals surface area contributed by atoms with Crippen LogP contribution in [-0.2, 0) is 20.7 Å². The molecule has 0 bridgehead atoms. The molecule has 2 rings (SSSR count). The third-order valence-corrected chi connectivity index (χ3v) is 4.70. The number of thioether (sulfide) groups is 1. The Hall–Kier alpha value is -2.74. The van der Waals surface area contributed by atoms with Gasteiger partial charge in [-0.3, -0.25) is 19.3 Å². The Labute approximate surface area is 168 Å². The molecule has 0 aromatic heterocycles. The molecule has 1 aromatic rings. The average Bonchev–Trinajstić information content (AvgIpc) is 2.92. The van der Waals surface area contributed by atoms with Crippen LogP contribution in [0.3, 0.4) is 0 Å². The molecule has 1 aliphatic rings. The Bertz CT molecular complexity index is 817. The first kappa shape index (κ1) is 21.6. The molecule has 7 nitrogen and oxygen atoms in total. The number of amides is 2. The molecule has 0 N–H and O–H groups in total. The molecule has 0 unspecified atom stereocenters. The van der Waals surface area contributed by atoms with E-state index < -0.39 is 23.7 Å². The van der Waals surface area contributed by atoms with Crippen molar-refractivity contribution in [2.45, 2.75) is 20.3 Å². The summed E-state index contributed by atoms with van der Waals surface area (Å²) in [5, 5.41) is -0.510. The van der Waals surface area contributed by atoms with E-state index in [-0.39, 0.29) is 4.91 Å². The maximum atomic E-state index is 12.5. The predicted molar refractivity (Wildman–Crippen MR) is 107 cm³/mol. The quantitative estimate of drug-likeness (QED) is 0.354. The van der Waals surface area contributed by atoms with E-state index in [0.29, 0.717) is 36.7 Å². The summed E-state index contributed by atoms with van der Waals surface area (Å²) >= 11 is 0.781. The number of benzene rings is 1. The zero-order chi connectivity index (χ0) is 20.7. The summed E-state index contributed by atoms with van der Waals surface area (Å²) in [5.41, 5.74) is 1.55. The van der Waals surface area contributed by atoms with E-state index in [4.69, 9.17) is 9.47 Å². The predicted octanol–water partition coefficient (Wildman–Crippen LogP) is 3.42.